The van der Waals surface area contributed by atoms with E-state index in [0.717, 1.165) is 49.3 Å². The molecule has 3 heterocycles. The number of aliphatic hydroxyl groups excluding tert-OH is 1. The van der Waals surface area contributed by atoms with Gasteiger partial charge in [0.2, 0.25) is 0 Å². The Morgan fingerprint density at radius 3 is 2.53 bits per heavy atom. The van der Waals surface area contributed by atoms with E-state index in [1.165, 1.54) is 18.2 Å². The number of amides is 2. The number of nitrogens with zero attached hydrogens (tertiary/aromatic N) is 3. The monoisotopic (exact) mass is 583 g/mol. The van der Waals surface area contributed by atoms with Crippen molar-refractivity contribution >= 4 is 28.9 Å². The SMILES string of the molecule is Cc1ccc(NC(=O)c2cccc(O)c2NC(=O)c2ccc(C3=CC=CN(CCN(C)C4CCOCC4)C3O)cc2)nc1. The molecule has 224 valence electrons. The average molecular weight is 584 g/mol. The number of benzene rings is 2. The Morgan fingerprint density at radius 2 is 1.81 bits per heavy atom. The fourth-order valence-electron chi connectivity index (χ4n) is 5.21. The number of ether oxygens (including phenoxy) is 1. The lowest BCUT2D eigenvalue weighted by Gasteiger charge is -2.35. The standard InChI is InChI=1S/C33H37N5O5/c1-22-8-13-29(34-21-22)35-32(41)27-5-3-7-28(39)30(27)36-31(40)24-11-9-23(10-12-24)26-6-4-16-38(33(26)42)18-17-37(2)25-14-19-43-20-15-25/h3-13,16,21,25,33,39,42H,14-15,17-20H2,1-2H3,(H,36,40)(H,34,35,41). The molecule has 1 unspecified atom stereocenters. The summed E-state index contributed by atoms with van der Waals surface area (Å²) in [5.41, 5.74) is 2.88. The van der Waals surface area contributed by atoms with Crippen LogP contribution in [0.2, 0.25) is 0 Å². The van der Waals surface area contributed by atoms with Crippen molar-refractivity contribution in [1.29, 1.82) is 0 Å². The maximum atomic E-state index is 13.2. The number of phenolic OH excluding ortho intramolecular Hbond substituents is 1. The second-order valence-corrected chi connectivity index (χ2v) is 10.8. The van der Waals surface area contributed by atoms with Crippen molar-refractivity contribution in [3.8, 4) is 5.75 Å². The number of para-hydroxylation sites is 1. The van der Waals surface area contributed by atoms with E-state index in [0.29, 0.717) is 24.0 Å². The third-order valence-corrected chi connectivity index (χ3v) is 7.83. The highest BCUT2D eigenvalue weighted by Crippen LogP contribution is 2.29. The van der Waals surface area contributed by atoms with Crippen LogP contribution < -0.4 is 10.6 Å². The van der Waals surface area contributed by atoms with E-state index in [4.69, 9.17) is 4.74 Å². The van der Waals surface area contributed by atoms with Gasteiger partial charge in [-0.3, -0.25) is 9.59 Å². The zero-order valence-corrected chi connectivity index (χ0v) is 24.4. The number of phenols is 1. The van der Waals surface area contributed by atoms with E-state index in [1.54, 1.807) is 36.5 Å². The molecule has 1 atom stereocenters. The zero-order chi connectivity index (χ0) is 30.3. The Kier molecular flexibility index (Phi) is 9.51. The number of aryl methyl sites for hydroxylation is 1. The molecule has 3 aromatic rings. The first-order valence-corrected chi connectivity index (χ1v) is 14.4. The van der Waals surface area contributed by atoms with Crippen molar-refractivity contribution in [3.05, 3.63) is 101 Å². The molecule has 1 saturated heterocycles. The number of anilines is 2. The van der Waals surface area contributed by atoms with Crippen LogP contribution in [0.15, 0.2) is 79.1 Å². The van der Waals surface area contributed by atoms with Gasteiger partial charge >= 0.3 is 0 Å². The number of pyridine rings is 1. The predicted molar refractivity (Wildman–Crippen MR) is 166 cm³/mol. The van der Waals surface area contributed by atoms with Gasteiger partial charge in [-0.2, -0.15) is 0 Å². The second-order valence-electron chi connectivity index (χ2n) is 10.8. The smallest absolute Gasteiger partial charge is 0.259 e. The van der Waals surface area contributed by atoms with Crippen molar-refractivity contribution in [3.63, 3.8) is 0 Å². The average Bonchev–Trinajstić information content (AvgIpc) is 3.03. The van der Waals surface area contributed by atoms with E-state index in [9.17, 15) is 19.8 Å². The van der Waals surface area contributed by atoms with Crippen LogP contribution in [-0.4, -0.2) is 82.4 Å². The Hall–Kier alpha value is -4.51. The molecule has 2 aliphatic heterocycles. The summed E-state index contributed by atoms with van der Waals surface area (Å²) in [5, 5.41) is 27.0. The van der Waals surface area contributed by atoms with Crippen molar-refractivity contribution in [2.45, 2.75) is 32.0 Å². The summed E-state index contributed by atoms with van der Waals surface area (Å²) in [6.45, 7) is 4.95. The van der Waals surface area contributed by atoms with Crippen molar-refractivity contribution < 1.29 is 24.5 Å². The normalized spacial score (nSPS) is 17.1. The first-order chi connectivity index (χ1) is 20.8. The summed E-state index contributed by atoms with van der Waals surface area (Å²) in [7, 11) is 2.11. The molecule has 10 nitrogen and oxygen atoms in total. The molecule has 2 aliphatic rings. The number of hydrogen-bond acceptors (Lipinski definition) is 8. The molecule has 1 fully saturated rings. The summed E-state index contributed by atoms with van der Waals surface area (Å²) in [6.07, 6.45) is 8.52. The molecule has 0 saturated carbocycles. The number of nitrogens with one attached hydrogen (secondary N) is 2. The Morgan fingerprint density at radius 1 is 1.05 bits per heavy atom. The summed E-state index contributed by atoms with van der Waals surface area (Å²) < 4.78 is 5.47. The molecule has 0 spiro atoms. The van der Waals surface area contributed by atoms with E-state index >= 15 is 0 Å². The van der Waals surface area contributed by atoms with E-state index < -0.39 is 18.0 Å². The van der Waals surface area contributed by atoms with Gasteiger partial charge in [-0.1, -0.05) is 30.3 Å². The number of aliphatic hydroxyl groups is 1. The number of carbonyl (C=O) groups is 2. The third-order valence-electron chi connectivity index (χ3n) is 7.83. The van der Waals surface area contributed by atoms with E-state index in [-0.39, 0.29) is 17.0 Å². The van der Waals surface area contributed by atoms with Crippen LogP contribution >= 0.6 is 0 Å². The van der Waals surface area contributed by atoms with Gasteiger partial charge in [-0.05, 0) is 74.3 Å². The maximum Gasteiger partial charge on any atom is 0.259 e. The second kappa shape index (κ2) is 13.6. The molecule has 0 radical (unpaired) electrons. The number of rotatable bonds is 9. The number of likely N-dealkylation sites (N-methyl/N-ethyl adjacent to an activating group) is 1. The number of allylic oxidation sites excluding steroid dienone is 2. The van der Waals surface area contributed by atoms with Crippen molar-refractivity contribution in [2.75, 3.05) is 44.0 Å². The quantitative estimate of drug-likeness (QED) is 0.276. The van der Waals surface area contributed by atoms with Crippen molar-refractivity contribution in [1.82, 2.24) is 14.8 Å². The van der Waals surface area contributed by atoms with Crippen LogP contribution in [0.25, 0.3) is 5.57 Å². The Labute approximate surface area is 251 Å². The Bertz CT molecular complexity index is 1500. The first-order valence-electron chi connectivity index (χ1n) is 14.4. The van der Waals surface area contributed by atoms with E-state index in [1.807, 2.05) is 36.2 Å². The largest absolute Gasteiger partial charge is 0.506 e. The highest BCUT2D eigenvalue weighted by molar-refractivity contribution is 6.13. The topological polar surface area (TPSA) is 127 Å². The van der Waals surface area contributed by atoms with Crippen LogP contribution in [0.3, 0.4) is 0 Å². The summed E-state index contributed by atoms with van der Waals surface area (Å²) in [5.74, 6) is -0.899. The van der Waals surface area contributed by atoms with Crippen LogP contribution in [0.4, 0.5) is 11.5 Å². The molecule has 2 amide bonds. The fourth-order valence-corrected chi connectivity index (χ4v) is 5.21. The first kappa shape index (κ1) is 30.0. The lowest BCUT2D eigenvalue weighted by atomic mass is 9.99. The Balaban J connectivity index is 1.23. The molecule has 4 N–H and O–H groups in total. The van der Waals surface area contributed by atoms with Gasteiger partial charge in [-0.25, -0.2) is 4.98 Å². The lowest BCUT2D eigenvalue weighted by Crippen LogP contribution is -2.43. The van der Waals surface area contributed by atoms with E-state index in [2.05, 4.69) is 27.6 Å². The van der Waals surface area contributed by atoms with Gasteiger partial charge in [0.1, 0.15) is 11.6 Å². The van der Waals surface area contributed by atoms with Crippen LogP contribution in [0, 0.1) is 6.92 Å². The van der Waals surface area contributed by atoms with Gasteiger partial charge in [0.05, 0.1) is 11.3 Å². The predicted octanol–water partition coefficient (Wildman–Crippen LogP) is 4.24. The van der Waals surface area contributed by atoms with Gasteiger partial charge in [0.15, 0.2) is 6.23 Å². The van der Waals surface area contributed by atoms with Crippen LogP contribution in [0.1, 0.15) is 44.7 Å². The van der Waals surface area contributed by atoms with Gasteiger partial charge in [0.25, 0.3) is 11.8 Å². The highest BCUT2D eigenvalue weighted by Gasteiger charge is 2.24. The third kappa shape index (κ3) is 7.29. The molecule has 0 aliphatic carbocycles. The summed E-state index contributed by atoms with van der Waals surface area (Å²) in [6, 6.07) is 15.3. The fraction of sp³-hybridized carbons (Fsp3) is 0.303. The summed E-state index contributed by atoms with van der Waals surface area (Å²) in [4.78, 5) is 34.5. The number of hydrogen-bond donors (Lipinski definition) is 4. The number of aromatic hydroxyl groups is 1. The minimum atomic E-state index is -0.821. The lowest BCUT2D eigenvalue weighted by molar-refractivity contribution is 0.0328. The molecule has 1 aromatic heterocycles. The van der Waals surface area contributed by atoms with Gasteiger partial charge < -0.3 is 35.4 Å². The molecular formula is C33H37N5O5. The van der Waals surface area contributed by atoms with Gasteiger partial charge in [-0.15, -0.1) is 0 Å². The van der Waals surface area contributed by atoms with Gasteiger partial charge in [0, 0.05) is 55.9 Å². The summed E-state index contributed by atoms with van der Waals surface area (Å²) >= 11 is 0. The molecule has 10 heteroatoms. The molecule has 0 bridgehead atoms. The maximum absolute atomic E-state index is 13.2. The molecule has 43 heavy (non-hydrogen) atoms. The number of carbonyl (C=O) groups excluding carboxylic acids is 2. The highest BCUT2D eigenvalue weighted by atomic mass is 16.5. The molecule has 5 rings (SSSR count). The zero-order valence-electron chi connectivity index (χ0n) is 24.4. The van der Waals surface area contributed by atoms with Crippen LogP contribution in [0.5, 0.6) is 5.75 Å². The minimum Gasteiger partial charge on any atom is -0.506 e. The molecule has 2 aromatic carbocycles. The minimum absolute atomic E-state index is 0.00176. The molecular weight excluding hydrogens is 546 g/mol. The van der Waals surface area contributed by atoms with Crippen LogP contribution in [-0.2, 0) is 4.74 Å². The number of aromatic nitrogens is 1. The van der Waals surface area contributed by atoms with Crippen molar-refractivity contribution in [2.24, 2.45) is 0 Å².